The van der Waals surface area contributed by atoms with Crippen LogP contribution in [-0.2, 0) is 0 Å². The predicted octanol–water partition coefficient (Wildman–Crippen LogP) is 15.5. The number of rotatable bonds is 5. The fourth-order valence-corrected chi connectivity index (χ4v) is 10.6. The lowest BCUT2D eigenvalue weighted by Crippen LogP contribution is -2.09. The lowest BCUT2D eigenvalue weighted by molar-refractivity contribution is 1.30. The lowest BCUT2D eigenvalue weighted by atomic mass is 9.91. The van der Waals surface area contributed by atoms with Crippen LogP contribution in [0, 0.1) is 0 Å². The van der Waals surface area contributed by atoms with E-state index in [9.17, 15) is 0 Å². The molecule has 0 fully saturated rings. The fourth-order valence-electron chi connectivity index (χ4n) is 8.19. The molecule has 2 aromatic heterocycles. The summed E-state index contributed by atoms with van der Waals surface area (Å²) in [6, 6.07) is 69.0. The van der Waals surface area contributed by atoms with Crippen LogP contribution in [0.4, 0.5) is 17.1 Å². The standard InChI is InChI=1S/C50H31NS2/c1-3-14-33(15-4-1)38-26-27-41(50-48(38)42-21-11-12-22-46(42)53-50)43-31-45-44-30-37(25-28-47(44)52-49(45)40-20-10-9-19-39(40)43)51(35-17-5-2-6-18-35)36-24-23-32-13-7-8-16-34(32)29-36/h1-31H. The molecule has 0 unspecified atom stereocenters. The first-order valence-corrected chi connectivity index (χ1v) is 19.6. The lowest BCUT2D eigenvalue weighted by Gasteiger charge is -2.26. The topological polar surface area (TPSA) is 3.24 Å². The van der Waals surface area contributed by atoms with Crippen molar-refractivity contribution in [3.8, 4) is 22.3 Å². The number of para-hydroxylation sites is 1. The number of hydrogen-bond donors (Lipinski definition) is 0. The highest BCUT2D eigenvalue weighted by Gasteiger charge is 2.20. The van der Waals surface area contributed by atoms with Gasteiger partial charge in [-0.3, -0.25) is 0 Å². The van der Waals surface area contributed by atoms with Crippen molar-refractivity contribution in [2.75, 3.05) is 4.90 Å². The maximum absolute atomic E-state index is 2.48. The molecule has 0 radical (unpaired) electrons. The molecule has 0 N–H and O–H groups in total. The average molecular weight is 710 g/mol. The molecule has 1 nitrogen and oxygen atoms in total. The van der Waals surface area contributed by atoms with E-state index in [1.165, 1.54) is 84.1 Å². The van der Waals surface area contributed by atoms with Gasteiger partial charge < -0.3 is 4.90 Å². The minimum atomic E-state index is 1.14. The van der Waals surface area contributed by atoms with E-state index in [1.54, 1.807) is 0 Å². The molecule has 11 aromatic rings. The normalized spacial score (nSPS) is 11.8. The Kier molecular flexibility index (Phi) is 6.97. The fraction of sp³-hybridized carbons (Fsp3) is 0. The summed E-state index contributed by atoms with van der Waals surface area (Å²) in [7, 11) is 0. The van der Waals surface area contributed by atoms with Gasteiger partial charge in [-0.05, 0) is 87.4 Å². The van der Waals surface area contributed by atoms with Crippen molar-refractivity contribution in [1.82, 2.24) is 0 Å². The van der Waals surface area contributed by atoms with Gasteiger partial charge in [0.1, 0.15) is 0 Å². The summed E-state index contributed by atoms with van der Waals surface area (Å²) < 4.78 is 5.28. The van der Waals surface area contributed by atoms with Crippen LogP contribution in [0.25, 0.3) is 84.1 Å². The Morgan fingerprint density at radius 1 is 0.321 bits per heavy atom. The van der Waals surface area contributed by atoms with Crippen LogP contribution in [0.2, 0.25) is 0 Å². The highest BCUT2D eigenvalue weighted by Crippen LogP contribution is 2.49. The van der Waals surface area contributed by atoms with Gasteiger partial charge in [-0.1, -0.05) is 133 Å². The van der Waals surface area contributed by atoms with Gasteiger partial charge >= 0.3 is 0 Å². The molecule has 2 heterocycles. The molecule has 0 aliphatic heterocycles. The number of thiophene rings is 2. The third-order valence-electron chi connectivity index (χ3n) is 10.6. The predicted molar refractivity (Wildman–Crippen MR) is 233 cm³/mol. The van der Waals surface area contributed by atoms with E-state index in [-0.39, 0.29) is 0 Å². The molecule has 0 atom stereocenters. The molecule has 53 heavy (non-hydrogen) atoms. The number of anilines is 3. The molecule has 0 bridgehead atoms. The minimum Gasteiger partial charge on any atom is -0.310 e. The van der Waals surface area contributed by atoms with Crippen molar-refractivity contribution in [3.63, 3.8) is 0 Å². The van der Waals surface area contributed by atoms with Crippen LogP contribution in [-0.4, -0.2) is 0 Å². The van der Waals surface area contributed by atoms with Gasteiger partial charge in [-0.25, -0.2) is 0 Å². The largest absolute Gasteiger partial charge is 0.310 e. The summed E-state index contributed by atoms with van der Waals surface area (Å²) in [6.07, 6.45) is 0. The molecule has 0 saturated carbocycles. The van der Waals surface area contributed by atoms with Crippen LogP contribution in [0.15, 0.2) is 188 Å². The Morgan fingerprint density at radius 3 is 1.79 bits per heavy atom. The number of nitrogens with zero attached hydrogens (tertiary/aromatic N) is 1. The maximum atomic E-state index is 2.48. The Hall–Kier alpha value is -6.26. The van der Waals surface area contributed by atoms with Crippen LogP contribution in [0.1, 0.15) is 0 Å². The van der Waals surface area contributed by atoms with E-state index < -0.39 is 0 Å². The van der Waals surface area contributed by atoms with Gasteiger partial charge in [0.05, 0.1) is 0 Å². The van der Waals surface area contributed by atoms with Crippen LogP contribution >= 0.6 is 22.7 Å². The van der Waals surface area contributed by atoms with E-state index in [0.717, 1.165) is 17.1 Å². The van der Waals surface area contributed by atoms with E-state index in [0.29, 0.717) is 0 Å². The SMILES string of the molecule is c1ccc(-c2ccc(-c3cc4c5cc(N(c6ccccc6)c6ccc7ccccc7c6)ccc5sc4c4ccccc34)c3sc4ccccc4c23)cc1. The van der Waals surface area contributed by atoms with E-state index in [2.05, 4.69) is 193 Å². The summed E-state index contributed by atoms with van der Waals surface area (Å²) in [5.41, 5.74) is 8.53. The summed E-state index contributed by atoms with van der Waals surface area (Å²) in [5, 5.41) is 10.3. The number of hydrogen-bond acceptors (Lipinski definition) is 3. The zero-order valence-electron chi connectivity index (χ0n) is 28.7. The first-order valence-electron chi connectivity index (χ1n) is 18.0. The van der Waals surface area contributed by atoms with Gasteiger partial charge in [0.2, 0.25) is 0 Å². The molecule has 0 aliphatic carbocycles. The molecule has 9 aromatic carbocycles. The van der Waals surface area contributed by atoms with E-state index in [1.807, 2.05) is 22.7 Å². The average Bonchev–Trinajstić information content (AvgIpc) is 3.80. The molecule has 11 rings (SSSR count). The molecule has 0 saturated heterocycles. The number of fused-ring (bicyclic) bond motifs is 9. The van der Waals surface area contributed by atoms with E-state index in [4.69, 9.17) is 0 Å². The summed E-state index contributed by atoms with van der Waals surface area (Å²) in [6.45, 7) is 0. The summed E-state index contributed by atoms with van der Waals surface area (Å²) in [4.78, 5) is 2.39. The molecule has 248 valence electrons. The van der Waals surface area contributed by atoms with Gasteiger partial charge in [-0.15, -0.1) is 22.7 Å². The second-order valence-electron chi connectivity index (χ2n) is 13.7. The molecule has 0 amide bonds. The highest BCUT2D eigenvalue weighted by molar-refractivity contribution is 7.27. The smallest absolute Gasteiger partial charge is 0.0468 e. The maximum Gasteiger partial charge on any atom is 0.0468 e. The second-order valence-corrected chi connectivity index (χ2v) is 15.8. The third kappa shape index (κ3) is 4.89. The molecule has 3 heteroatoms. The van der Waals surface area contributed by atoms with Crippen molar-refractivity contribution in [2.24, 2.45) is 0 Å². The Labute approximate surface area is 315 Å². The molecular formula is C50H31NS2. The third-order valence-corrected chi connectivity index (χ3v) is 13.0. The molecule has 0 spiro atoms. The number of benzene rings is 9. The quantitative estimate of drug-likeness (QED) is 0.172. The Morgan fingerprint density at radius 2 is 0.943 bits per heavy atom. The van der Waals surface area contributed by atoms with E-state index >= 15 is 0 Å². The van der Waals surface area contributed by atoms with Crippen LogP contribution in [0.3, 0.4) is 0 Å². The molecular weight excluding hydrogens is 679 g/mol. The van der Waals surface area contributed by atoms with Crippen molar-refractivity contribution in [3.05, 3.63) is 188 Å². The van der Waals surface area contributed by atoms with Gasteiger partial charge in [0.15, 0.2) is 0 Å². The first-order chi connectivity index (χ1) is 26.3. The van der Waals surface area contributed by atoms with Crippen LogP contribution < -0.4 is 4.90 Å². The molecule has 0 aliphatic rings. The van der Waals surface area contributed by atoms with Crippen molar-refractivity contribution >= 4 is 102 Å². The zero-order valence-corrected chi connectivity index (χ0v) is 30.3. The first kappa shape index (κ1) is 30.4. The zero-order chi connectivity index (χ0) is 34.9. The summed E-state index contributed by atoms with van der Waals surface area (Å²) >= 11 is 3.81. The Balaban J connectivity index is 1.17. The van der Waals surface area contributed by atoms with Crippen molar-refractivity contribution in [1.29, 1.82) is 0 Å². The monoisotopic (exact) mass is 709 g/mol. The Bertz CT molecular complexity index is 3170. The van der Waals surface area contributed by atoms with Crippen LogP contribution in [0.5, 0.6) is 0 Å². The summed E-state index contributed by atoms with van der Waals surface area (Å²) in [5.74, 6) is 0. The van der Waals surface area contributed by atoms with Gasteiger partial charge in [0.25, 0.3) is 0 Å². The highest BCUT2D eigenvalue weighted by atomic mass is 32.1. The van der Waals surface area contributed by atoms with Crippen molar-refractivity contribution < 1.29 is 0 Å². The van der Waals surface area contributed by atoms with Gasteiger partial charge in [-0.2, -0.15) is 0 Å². The second kappa shape index (κ2) is 12.2. The van der Waals surface area contributed by atoms with Crippen molar-refractivity contribution in [2.45, 2.75) is 0 Å². The van der Waals surface area contributed by atoms with Gasteiger partial charge in [0, 0.05) is 68.4 Å². The minimum absolute atomic E-state index is 1.14.